The van der Waals surface area contributed by atoms with Crippen molar-refractivity contribution in [2.45, 2.75) is 18.4 Å². The third kappa shape index (κ3) is 3.12. The molecule has 20 heavy (non-hydrogen) atoms. The molecule has 0 aliphatic rings. The summed E-state index contributed by atoms with van der Waals surface area (Å²) in [6.07, 6.45) is 0. The molecule has 0 atom stereocenters. The third-order valence-electron chi connectivity index (χ3n) is 2.86. The zero-order valence-electron chi connectivity index (χ0n) is 11.2. The van der Waals surface area contributed by atoms with Crippen LogP contribution in [0.1, 0.15) is 10.4 Å². The average Bonchev–Trinajstić information content (AvgIpc) is 2.92. The van der Waals surface area contributed by atoms with Gasteiger partial charge in [-0.2, -0.15) is 0 Å². The number of nitrogens with two attached hydrogens (primary N) is 1. The molecule has 0 aliphatic carbocycles. The first-order chi connectivity index (χ1) is 9.44. The van der Waals surface area contributed by atoms with Gasteiger partial charge in [0.05, 0.1) is 7.11 Å². The molecule has 7 heteroatoms. The number of thiophene rings is 1. The van der Waals surface area contributed by atoms with Crippen LogP contribution >= 0.6 is 11.3 Å². The molecule has 108 valence electrons. The molecule has 5 nitrogen and oxygen atoms in total. The number of hydrogen-bond acceptors (Lipinski definition) is 5. The second-order valence-electron chi connectivity index (χ2n) is 4.26. The van der Waals surface area contributed by atoms with E-state index in [0.29, 0.717) is 5.69 Å². The minimum atomic E-state index is -3.67. The highest BCUT2D eigenvalue weighted by atomic mass is 32.2. The lowest BCUT2D eigenvalue weighted by Gasteiger charge is -2.12. The quantitative estimate of drug-likeness (QED) is 0.829. The number of ether oxygens (including phenoxy) is 1. The van der Waals surface area contributed by atoms with Gasteiger partial charge in [0.1, 0.15) is 10.6 Å². The first-order valence-electron chi connectivity index (χ1n) is 5.90. The van der Waals surface area contributed by atoms with Gasteiger partial charge in [-0.05, 0) is 36.1 Å². The number of methoxy groups -OCH3 is 1. The molecule has 2 aromatic rings. The minimum Gasteiger partial charge on any atom is -0.495 e. The van der Waals surface area contributed by atoms with E-state index in [1.165, 1.54) is 24.5 Å². The number of sulfonamides is 1. The summed E-state index contributed by atoms with van der Waals surface area (Å²) in [7, 11) is -2.23. The van der Waals surface area contributed by atoms with Gasteiger partial charge in [-0.3, -0.25) is 0 Å². The Morgan fingerprint density at radius 1 is 1.40 bits per heavy atom. The fourth-order valence-corrected chi connectivity index (χ4v) is 3.63. The highest BCUT2D eigenvalue weighted by Crippen LogP contribution is 2.28. The third-order valence-corrected chi connectivity index (χ3v) is 5.16. The Kier molecular flexibility index (Phi) is 4.32. The van der Waals surface area contributed by atoms with Crippen LogP contribution in [0.2, 0.25) is 0 Å². The number of nitrogens with one attached hydrogen (secondary N) is 1. The van der Waals surface area contributed by atoms with Crippen LogP contribution in [0.15, 0.2) is 34.5 Å². The normalized spacial score (nSPS) is 11.5. The minimum absolute atomic E-state index is 0.0552. The Hall–Kier alpha value is -1.57. The maximum atomic E-state index is 12.3. The van der Waals surface area contributed by atoms with E-state index in [1.807, 2.05) is 17.5 Å². The summed E-state index contributed by atoms with van der Waals surface area (Å²) >= 11 is 1.49. The van der Waals surface area contributed by atoms with E-state index in [2.05, 4.69) is 4.72 Å². The lowest BCUT2D eigenvalue weighted by atomic mass is 10.2. The summed E-state index contributed by atoms with van der Waals surface area (Å²) < 4.78 is 32.3. The van der Waals surface area contributed by atoms with Gasteiger partial charge < -0.3 is 10.5 Å². The van der Waals surface area contributed by atoms with Gasteiger partial charge in [-0.25, -0.2) is 13.1 Å². The van der Waals surface area contributed by atoms with Crippen molar-refractivity contribution in [1.29, 1.82) is 0 Å². The van der Waals surface area contributed by atoms with Crippen LogP contribution in [0.3, 0.4) is 0 Å². The summed E-state index contributed by atoms with van der Waals surface area (Å²) in [6.45, 7) is 2.05. The van der Waals surface area contributed by atoms with Crippen LogP contribution in [0.5, 0.6) is 5.75 Å². The maximum Gasteiger partial charge on any atom is 0.244 e. The Bertz CT molecular complexity index is 695. The lowest BCUT2D eigenvalue weighted by molar-refractivity contribution is 0.402. The first-order valence-corrected chi connectivity index (χ1v) is 8.26. The smallest absolute Gasteiger partial charge is 0.244 e. The van der Waals surface area contributed by atoms with Gasteiger partial charge in [-0.15, -0.1) is 11.3 Å². The summed E-state index contributed by atoms with van der Waals surface area (Å²) in [5.41, 5.74) is 6.98. The summed E-state index contributed by atoms with van der Waals surface area (Å²) in [6, 6.07) is 6.78. The van der Waals surface area contributed by atoms with Crippen molar-refractivity contribution in [2.24, 2.45) is 0 Å². The Morgan fingerprint density at radius 2 is 2.15 bits per heavy atom. The molecule has 0 saturated carbocycles. The summed E-state index contributed by atoms with van der Waals surface area (Å²) in [5.74, 6) is 0.287. The molecule has 0 saturated heterocycles. The molecular weight excluding hydrogens is 296 g/mol. The Morgan fingerprint density at radius 3 is 2.75 bits per heavy atom. The van der Waals surface area contributed by atoms with E-state index in [-0.39, 0.29) is 17.2 Å². The topological polar surface area (TPSA) is 81.4 Å². The molecule has 2 rings (SSSR count). The van der Waals surface area contributed by atoms with E-state index in [4.69, 9.17) is 10.5 Å². The number of hydrogen-bond donors (Lipinski definition) is 2. The summed E-state index contributed by atoms with van der Waals surface area (Å²) in [5, 5.41) is 1.90. The SMILES string of the molecule is COc1cc(C)c(N)cc1S(=O)(=O)NCc1cccs1. The molecule has 1 aromatic heterocycles. The predicted molar refractivity (Wildman–Crippen MR) is 80.5 cm³/mol. The number of rotatable bonds is 5. The highest BCUT2D eigenvalue weighted by Gasteiger charge is 2.20. The van der Waals surface area contributed by atoms with Gasteiger partial charge in [0.15, 0.2) is 0 Å². The van der Waals surface area contributed by atoms with E-state index < -0.39 is 10.0 Å². The standard InChI is InChI=1S/C13H16N2O3S2/c1-9-6-12(18-2)13(7-11(9)14)20(16,17)15-8-10-4-3-5-19-10/h3-7,15H,8,14H2,1-2H3. The zero-order chi connectivity index (χ0) is 14.8. The van der Waals surface area contributed by atoms with Crippen molar-refractivity contribution < 1.29 is 13.2 Å². The highest BCUT2D eigenvalue weighted by molar-refractivity contribution is 7.89. The fraction of sp³-hybridized carbons (Fsp3) is 0.231. The number of benzene rings is 1. The van der Waals surface area contributed by atoms with Crippen molar-refractivity contribution in [3.05, 3.63) is 40.1 Å². The Labute approximate surface area is 122 Å². The van der Waals surface area contributed by atoms with Crippen LogP contribution in [0.4, 0.5) is 5.69 Å². The van der Waals surface area contributed by atoms with Crippen molar-refractivity contribution in [2.75, 3.05) is 12.8 Å². The number of nitrogen functional groups attached to an aromatic ring is 1. The first kappa shape index (κ1) is 14.8. The van der Waals surface area contributed by atoms with E-state index in [1.54, 1.807) is 13.0 Å². The molecule has 1 heterocycles. The second kappa shape index (κ2) is 5.82. The van der Waals surface area contributed by atoms with Crippen LogP contribution in [-0.4, -0.2) is 15.5 Å². The van der Waals surface area contributed by atoms with Crippen molar-refractivity contribution in [3.8, 4) is 5.75 Å². The predicted octanol–water partition coefficient (Wildman–Crippen LogP) is 2.13. The van der Waals surface area contributed by atoms with E-state index in [9.17, 15) is 8.42 Å². The van der Waals surface area contributed by atoms with E-state index in [0.717, 1.165) is 10.4 Å². The molecule has 0 aliphatic heterocycles. The monoisotopic (exact) mass is 312 g/mol. The van der Waals surface area contributed by atoms with Crippen LogP contribution in [0, 0.1) is 6.92 Å². The lowest BCUT2D eigenvalue weighted by Crippen LogP contribution is -2.23. The molecule has 0 fully saturated rings. The van der Waals surface area contributed by atoms with Crippen LogP contribution < -0.4 is 15.2 Å². The van der Waals surface area contributed by atoms with Crippen molar-refractivity contribution in [3.63, 3.8) is 0 Å². The molecule has 0 radical (unpaired) electrons. The molecule has 1 aromatic carbocycles. The van der Waals surface area contributed by atoms with Crippen LogP contribution in [0.25, 0.3) is 0 Å². The average molecular weight is 312 g/mol. The molecular formula is C13H16N2O3S2. The molecule has 0 unspecified atom stereocenters. The fourth-order valence-electron chi connectivity index (χ4n) is 1.70. The Balaban J connectivity index is 2.31. The van der Waals surface area contributed by atoms with Gasteiger partial charge in [-0.1, -0.05) is 6.07 Å². The molecule has 0 amide bonds. The van der Waals surface area contributed by atoms with Gasteiger partial charge >= 0.3 is 0 Å². The number of anilines is 1. The number of aryl methyl sites for hydroxylation is 1. The second-order valence-corrected chi connectivity index (χ2v) is 7.03. The van der Waals surface area contributed by atoms with Crippen molar-refractivity contribution in [1.82, 2.24) is 4.72 Å². The summed E-state index contributed by atoms with van der Waals surface area (Å²) in [4.78, 5) is 0.993. The zero-order valence-corrected chi connectivity index (χ0v) is 12.8. The maximum absolute atomic E-state index is 12.3. The molecule has 0 bridgehead atoms. The molecule has 3 N–H and O–H groups in total. The van der Waals surface area contributed by atoms with E-state index >= 15 is 0 Å². The van der Waals surface area contributed by atoms with Gasteiger partial charge in [0.25, 0.3) is 0 Å². The van der Waals surface area contributed by atoms with Crippen molar-refractivity contribution >= 4 is 27.0 Å². The molecule has 0 spiro atoms. The van der Waals surface area contributed by atoms with Gasteiger partial charge in [0.2, 0.25) is 10.0 Å². The van der Waals surface area contributed by atoms with Crippen LogP contribution in [-0.2, 0) is 16.6 Å². The van der Waals surface area contributed by atoms with Gasteiger partial charge in [0, 0.05) is 17.1 Å². The largest absolute Gasteiger partial charge is 0.495 e.